The number of hydrogen-bond donors (Lipinski definition) is 0. The lowest BCUT2D eigenvalue weighted by Crippen LogP contribution is -2.34. The summed E-state index contributed by atoms with van der Waals surface area (Å²) in [6, 6.07) is 9.03. The Morgan fingerprint density at radius 1 is 1.22 bits per heavy atom. The summed E-state index contributed by atoms with van der Waals surface area (Å²) in [5.41, 5.74) is 5.21. The Morgan fingerprint density at radius 3 is 3.06 bits per heavy atom. The highest BCUT2D eigenvalue weighted by Gasteiger charge is 2.44. The Bertz CT molecular complexity index is 549. The number of fused-ring (bicyclic) bond motifs is 5. The summed E-state index contributed by atoms with van der Waals surface area (Å²) in [6.45, 7) is 2.45. The van der Waals surface area contributed by atoms with Gasteiger partial charge in [0.25, 0.3) is 0 Å². The largest absolute Gasteiger partial charge is 0.0876 e. The first-order valence-corrected chi connectivity index (χ1v) is 7.24. The maximum Gasteiger partial charge on any atom is -0.00748 e. The van der Waals surface area contributed by atoms with Gasteiger partial charge in [-0.1, -0.05) is 49.4 Å². The van der Waals surface area contributed by atoms with E-state index in [1.807, 2.05) is 0 Å². The van der Waals surface area contributed by atoms with Crippen LogP contribution < -0.4 is 0 Å². The molecule has 0 heteroatoms. The van der Waals surface area contributed by atoms with E-state index < -0.39 is 0 Å². The van der Waals surface area contributed by atoms with E-state index in [0.717, 1.165) is 11.8 Å². The van der Waals surface area contributed by atoms with Crippen LogP contribution in [0.2, 0.25) is 0 Å². The molecule has 0 nitrogen and oxygen atoms in total. The average molecular weight is 236 g/mol. The van der Waals surface area contributed by atoms with Crippen LogP contribution >= 0.6 is 0 Å². The second-order valence-electron chi connectivity index (χ2n) is 6.42. The van der Waals surface area contributed by atoms with Crippen molar-refractivity contribution in [3.63, 3.8) is 0 Å². The van der Waals surface area contributed by atoms with Crippen molar-refractivity contribution >= 4 is 5.57 Å². The quantitative estimate of drug-likeness (QED) is 0.577. The van der Waals surface area contributed by atoms with Crippen molar-refractivity contribution in [3.05, 3.63) is 53.6 Å². The highest BCUT2D eigenvalue weighted by atomic mass is 14.5. The minimum Gasteiger partial charge on any atom is -0.0876 e. The van der Waals surface area contributed by atoms with Gasteiger partial charge in [-0.05, 0) is 59.6 Å². The van der Waals surface area contributed by atoms with Gasteiger partial charge in [-0.25, -0.2) is 0 Å². The molecule has 0 N–H and O–H groups in total. The fourth-order valence-corrected chi connectivity index (χ4v) is 4.42. The van der Waals surface area contributed by atoms with Gasteiger partial charge in [0.15, 0.2) is 0 Å². The average Bonchev–Trinajstić information content (AvgIpc) is 2.80. The summed E-state index contributed by atoms with van der Waals surface area (Å²) in [5.74, 6) is 1.65. The molecule has 0 bridgehead atoms. The molecule has 0 fully saturated rings. The topological polar surface area (TPSA) is 0 Å². The molecule has 4 rings (SSSR count). The van der Waals surface area contributed by atoms with Gasteiger partial charge in [0.05, 0.1) is 0 Å². The minimum atomic E-state index is 0.445. The van der Waals surface area contributed by atoms with Crippen LogP contribution in [0.25, 0.3) is 5.57 Å². The molecule has 3 aliphatic rings. The number of benzene rings is 1. The zero-order valence-corrected chi connectivity index (χ0v) is 11.0. The highest BCUT2D eigenvalue weighted by Crippen LogP contribution is 2.55. The summed E-state index contributed by atoms with van der Waals surface area (Å²) in [6.07, 6.45) is 12.6. The molecule has 92 valence electrons. The Hall–Kier alpha value is -1.30. The zero-order valence-electron chi connectivity index (χ0n) is 11.0. The van der Waals surface area contributed by atoms with Crippen LogP contribution in [0.4, 0.5) is 0 Å². The van der Waals surface area contributed by atoms with Crippen molar-refractivity contribution in [3.8, 4) is 0 Å². The van der Waals surface area contributed by atoms with Crippen LogP contribution in [0.3, 0.4) is 0 Å². The molecule has 3 aliphatic carbocycles. The summed E-state index contributed by atoms with van der Waals surface area (Å²) in [4.78, 5) is 0. The number of aryl methyl sites for hydroxylation is 1. The van der Waals surface area contributed by atoms with Gasteiger partial charge in [0.2, 0.25) is 0 Å². The van der Waals surface area contributed by atoms with Gasteiger partial charge in [0.1, 0.15) is 0 Å². The van der Waals surface area contributed by atoms with Crippen molar-refractivity contribution in [2.24, 2.45) is 17.3 Å². The molecule has 1 aromatic carbocycles. The number of rotatable bonds is 0. The summed E-state index contributed by atoms with van der Waals surface area (Å²) in [7, 11) is 0. The fraction of sp³-hybridized carbons (Fsp3) is 0.444. The van der Waals surface area contributed by atoms with Crippen molar-refractivity contribution in [1.29, 1.82) is 0 Å². The number of hydrogen-bond acceptors (Lipinski definition) is 0. The Kier molecular flexibility index (Phi) is 2.12. The third-order valence-corrected chi connectivity index (χ3v) is 5.44. The van der Waals surface area contributed by atoms with Crippen LogP contribution in [0, 0.1) is 17.3 Å². The molecule has 0 spiro atoms. The highest BCUT2D eigenvalue weighted by molar-refractivity contribution is 5.73. The first-order chi connectivity index (χ1) is 8.78. The maximum atomic E-state index is 2.54. The van der Waals surface area contributed by atoms with Gasteiger partial charge in [-0.2, -0.15) is 0 Å². The van der Waals surface area contributed by atoms with E-state index in [0.29, 0.717) is 5.41 Å². The normalized spacial score (nSPS) is 36.6. The fourth-order valence-electron chi connectivity index (χ4n) is 4.42. The maximum absolute atomic E-state index is 2.54. The third-order valence-electron chi connectivity index (χ3n) is 5.44. The van der Waals surface area contributed by atoms with Crippen LogP contribution in [0.15, 0.2) is 42.5 Å². The standard InChI is InChI=1S/C18H20/c1-18-11-4-7-17(18)16-9-8-13-5-2-3-6-14(13)15(16)10-12-18/h2-6,10-11,16-17H,7-9,12H2,1H3/t16-,17+,18+/m1/s1. The molecule has 0 saturated carbocycles. The van der Waals surface area contributed by atoms with Gasteiger partial charge >= 0.3 is 0 Å². The predicted octanol–water partition coefficient (Wildman–Crippen LogP) is 4.62. The van der Waals surface area contributed by atoms with Crippen molar-refractivity contribution in [2.45, 2.75) is 32.6 Å². The smallest absolute Gasteiger partial charge is 0.00748 e. The van der Waals surface area contributed by atoms with Crippen molar-refractivity contribution < 1.29 is 0 Å². The van der Waals surface area contributed by atoms with E-state index in [1.165, 1.54) is 25.7 Å². The van der Waals surface area contributed by atoms with Crippen LogP contribution in [0.5, 0.6) is 0 Å². The van der Waals surface area contributed by atoms with Crippen LogP contribution in [-0.4, -0.2) is 0 Å². The zero-order chi connectivity index (χ0) is 12.2. The lowest BCUT2D eigenvalue weighted by molar-refractivity contribution is 0.203. The molecule has 0 radical (unpaired) electrons. The summed E-state index contributed by atoms with van der Waals surface area (Å²) < 4.78 is 0. The molecule has 3 atom stereocenters. The van der Waals surface area contributed by atoms with Gasteiger partial charge in [-0.3, -0.25) is 0 Å². The SMILES string of the molecule is C[C@@]12C=CC[C@H]1[C@@H]1CCc3ccccc3C1=CC2. The van der Waals surface area contributed by atoms with Gasteiger partial charge in [-0.15, -0.1) is 0 Å². The second-order valence-corrected chi connectivity index (χ2v) is 6.42. The molecule has 1 aromatic rings. The van der Waals surface area contributed by atoms with E-state index in [1.54, 1.807) is 16.7 Å². The first-order valence-electron chi connectivity index (χ1n) is 7.24. The van der Waals surface area contributed by atoms with E-state index in [2.05, 4.69) is 49.4 Å². The molecular formula is C18H20. The molecule has 0 saturated heterocycles. The van der Waals surface area contributed by atoms with Gasteiger partial charge in [0, 0.05) is 0 Å². The monoisotopic (exact) mass is 236 g/mol. The van der Waals surface area contributed by atoms with E-state index in [-0.39, 0.29) is 0 Å². The molecule has 0 unspecified atom stereocenters. The lowest BCUT2D eigenvalue weighted by Gasteiger charge is -2.44. The molecular weight excluding hydrogens is 216 g/mol. The summed E-state index contributed by atoms with van der Waals surface area (Å²) in [5, 5.41) is 0. The lowest BCUT2D eigenvalue weighted by atomic mass is 9.60. The first kappa shape index (κ1) is 10.6. The molecule has 18 heavy (non-hydrogen) atoms. The van der Waals surface area contributed by atoms with E-state index >= 15 is 0 Å². The van der Waals surface area contributed by atoms with E-state index in [9.17, 15) is 0 Å². The van der Waals surface area contributed by atoms with Crippen LogP contribution in [-0.2, 0) is 6.42 Å². The minimum absolute atomic E-state index is 0.445. The second kappa shape index (κ2) is 3.60. The Labute approximate surface area is 109 Å². The van der Waals surface area contributed by atoms with Gasteiger partial charge < -0.3 is 0 Å². The predicted molar refractivity (Wildman–Crippen MR) is 76.2 cm³/mol. The van der Waals surface area contributed by atoms with Crippen molar-refractivity contribution in [1.82, 2.24) is 0 Å². The summed E-state index contributed by atoms with van der Waals surface area (Å²) >= 11 is 0. The van der Waals surface area contributed by atoms with Crippen LogP contribution in [0.1, 0.15) is 37.3 Å². The molecule has 0 amide bonds. The third kappa shape index (κ3) is 1.32. The Balaban J connectivity index is 1.82. The molecule has 0 aromatic heterocycles. The van der Waals surface area contributed by atoms with E-state index in [4.69, 9.17) is 0 Å². The number of allylic oxidation sites excluding steroid dienone is 4. The van der Waals surface area contributed by atoms with Crippen molar-refractivity contribution in [2.75, 3.05) is 0 Å². The molecule has 0 heterocycles. The Morgan fingerprint density at radius 2 is 2.11 bits per heavy atom. The molecule has 0 aliphatic heterocycles.